The van der Waals surface area contributed by atoms with E-state index in [1.54, 1.807) is 12.1 Å². The Balaban J connectivity index is 1.46. The number of carbonyl (C=O) groups excluding carboxylic acids is 1. The third-order valence-electron chi connectivity index (χ3n) is 6.78. The normalized spacial score (nSPS) is 17.7. The number of benzene rings is 2. The van der Waals surface area contributed by atoms with E-state index in [1.807, 2.05) is 31.4 Å². The molecule has 2 aliphatic rings. The summed E-state index contributed by atoms with van der Waals surface area (Å²) >= 11 is 0. The van der Waals surface area contributed by atoms with Gasteiger partial charge < -0.3 is 24.5 Å². The fourth-order valence-electron chi connectivity index (χ4n) is 4.62. The summed E-state index contributed by atoms with van der Waals surface area (Å²) in [5.74, 6) is -1.22. The van der Waals surface area contributed by atoms with E-state index in [4.69, 9.17) is 0 Å². The van der Waals surface area contributed by atoms with Crippen LogP contribution in [0.5, 0.6) is 11.5 Å². The second kappa shape index (κ2) is 7.40. The summed E-state index contributed by atoms with van der Waals surface area (Å²) in [7, 11) is 0. The molecule has 2 N–H and O–H groups in total. The third-order valence-corrected chi connectivity index (χ3v) is 6.78. The Morgan fingerprint density at radius 2 is 1.85 bits per heavy atom. The van der Waals surface area contributed by atoms with Crippen LogP contribution in [-0.4, -0.2) is 28.5 Å². The number of nitrogens with one attached hydrogen (secondary N) is 1. The minimum atomic E-state index is -3.74. The lowest BCUT2D eigenvalue weighted by atomic mass is 9.90. The van der Waals surface area contributed by atoms with Crippen LogP contribution in [0.3, 0.4) is 0 Å². The van der Waals surface area contributed by atoms with Gasteiger partial charge in [0.2, 0.25) is 5.91 Å². The van der Waals surface area contributed by atoms with E-state index >= 15 is 4.39 Å². The number of carbonyl (C=O) groups is 1. The first-order chi connectivity index (χ1) is 16.0. The molecule has 6 nitrogen and oxygen atoms in total. The average molecular weight is 474 g/mol. The minimum absolute atomic E-state index is 0.0395. The number of halogens is 3. The number of hydrogen-bond acceptors (Lipinski definition) is 4. The van der Waals surface area contributed by atoms with Gasteiger partial charge in [-0.05, 0) is 49.6 Å². The fourth-order valence-corrected chi connectivity index (χ4v) is 4.62. The Morgan fingerprint density at radius 1 is 1.15 bits per heavy atom. The van der Waals surface area contributed by atoms with E-state index in [-0.39, 0.29) is 23.8 Å². The van der Waals surface area contributed by atoms with Crippen LogP contribution in [0.2, 0.25) is 0 Å². The molecule has 1 saturated carbocycles. The van der Waals surface area contributed by atoms with Crippen molar-refractivity contribution in [2.45, 2.75) is 57.3 Å². The molecule has 1 aliphatic carbocycles. The first kappa shape index (κ1) is 22.6. The van der Waals surface area contributed by atoms with E-state index in [0.717, 1.165) is 11.1 Å². The summed E-state index contributed by atoms with van der Waals surface area (Å²) in [5.41, 5.74) is 0.618. The lowest BCUT2D eigenvalue weighted by Gasteiger charge is -2.24. The monoisotopic (exact) mass is 474 g/mol. The van der Waals surface area contributed by atoms with Crippen molar-refractivity contribution in [2.75, 3.05) is 11.9 Å². The molecule has 1 fully saturated rings. The van der Waals surface area contributed by atoms with Gasteiger partial charge in [0, 0.05) is 29.1 Å². The SMILES string of the molecule is CCn1c(C(C)(C)CO)cc2cc(NC(=O)C3(c4ccc5c(c4)OC(F)(F)O5)CC3)c(F)cc21. The number of fused-ring (bicyclic) bond motifs is 2. The Bertz CT molecular complexity index is 1310. The average Bonchev–Trinajstić information content (AvgIpc) is 3.42. The Morgan fingerprint density at radius 3 is 2.50 bits per heavy atom. The highest BCUT2D eigenvalue weighted by molar-refractivity contribution is 6.02. The number of ether oxygens (including phenoxy) is 2. The van der Waals surface area contributed by atoms with Gasteiger partial charge >= 0.3 is 6.29 Å². The predicted octanol–water partition coefficient (Wildman–Crippen LogP) is 5.06. The maximum Gasteiger partial charge on any atom is 0.586 e. The lowest BCUT2D eigenvalue weighted by Crippen LogP contribution is -2.28. The summed E-state index contributed by atoms with van der Waals surface area (Å²) in [6.07, 6.45) is -2.74. The van der Waals surface area contributed by atoms with Gasteiger partial charge in [0.25, 0.3) is 0 Å². The summed E-state index contributed by atoms with van der Waals surface area (Å²) in [5, 5.41) is 13.2. The highest BCUT2D eigenvalue weighted by atomic mass is 19.3. The molecule has 3 aromatic rings. The van der Waals surface area contributed by atoms with Gasteiger partial charge in [-0.2, -0.15) is 0 Å². The molecule has 1 aliphatic heterocycles. The molecule has 34 heavy (non-hydrogen) atoms. The highest BCUT2D eigenvalue weighted by Crippen LogP contribution is 2.52. The van der Waals surface area contributed by atoms with Crippen LogP contribution in [0.1, 0.15) is 44.9 Å². The zero-order chi connectivity index (χ0) is 24.5. The number of aliphatic hydroxyl groups excluding tert-OH is 1. The van der Waals surface area contributed by atoms with E-state index < -0.39 is 28.8 Å². The van der Waals surface area contributed by atoms with Gasteiger partial charge in [-0.1, -0.05) is 19.9 Å². The topological polar surface area (TPSA) is 72.7 Å². The molecule has 2 aromatic carbocycles. The van der Waals surface area contributed by atoms with Crippen LogP contribution in [0.4, 0.5) is 18.9 Å². The van der Waals surface area contributed by atoms with Crippen molar-refractivity contribution in [2.24, 2.45) is 0 Å². The summed E-state index contributed by atoms with van der Waals surface area (Å²) < 4.78 is 52.7. The molecule has 0 atom stereocenters. The number of aryl methyl sites for hydroxylation is 1. The summed E-state index contributed by atoms with van der Waals surface area (Å²) in [6.45, 7) is 6.29. The summed E-state index contributed by atoms with van der Waals surface area (Å²) in [6, 6.07) is 9.15. The van der Waals surface area contributed by atoms with Crippen LogP contribution < -0.4 is 14.8 Å². The number of rotatable bonds is 6. The van der Waals surface area contributed by atoms with Crippen molar-refractivity contribution in [3.8, 4) is 11.5 Å². The maximum absolute atomic E-state index is 15.1. The van der Waals surface area contributed by atoms with Gasteiger partial charge in [-0.15, -0.1) is 8.78 Å². The smallest absolute Gasteiger partial charge is 0.395 e. The van der Waals surface area contributed by atoms with Crippen molar-refractivity contribution in [3.05, 3.63) is 53.5 Å². The molecule has 0 spiro atoms. The molecular formula is C25H25F3N2O4. The molecular weight excluding hydrogens is 449 g/mol. The van der Waals surface area contributed by atoms with Crippen LogP contribution in [0.15, 0.2) is 36.4 Å². The van der Waals surface area contributed by atoms with Crippen molar-refractivity contribution in [3.63, 3.8) is 0 Å². The molecule has 0 radical (unpaired) electrons. The van der Waals surface area contributed by atoms with E-state index in [0.29, 0.717) is 30.5 Å². The lowest BCUT2D eigenvalue weighted by molar-refractivity contribution is -0.286. The molecule has 1 aromatic heterocycles. The number of anilines is 1. The van der Waals surface area contributed by atoms with E-state index in [9.17, 15) is 18.7 Å². The molecule has 0 saturated heterocycles. The number of amides is 1. The zero-order valence-corrected chi connectivity index (χ0v) is 19.0. The largest absolute Gasteiger partial charge is 0.586 e. The minimum Gasteiger partial charge on any atom is -0.395 e. The van der Waals surface area contributed by atoms with Gasteiger partial charge in [-0.25, -0.2) is 4.39 Å². The number of alkyl halides is 2. The number of aliphatic hydroxyl groups is 1. The molecule has 9 heteroatoms. The number of nitrogens with zero attached hydrogens (tertiary/aromatic N) is 1. The molecule has 0 unspecified atom stereocenters. The molecule has 1 amide bonds. The molecule has 0 bridgehead atoms. The van der Waals surface area contributed by atoms with Crippen LogP contribution in [0.25, 0.3) is 10.9 Å². The van der Waals surface area contributed by atoms with Crippen LogP contribution in [0, 0.1) is 5.82 Å². The number of hydrogen-bond donors (Lipinski definition) is 2. The standard InChI is InChI=1S/C25H25F3N2O4/c1-4-30-18-12-16(26)17(9-14(18)10-21(30)23(2,3)13-31)29-22(32)24(7-8-24)15-5-6-19-20(11-15)34-25(27,28)33-19/h5-6,9-12,31H,4,7-8,13H2,1-3H3,(H,29,32). The first-order valence-corrected chi connectivity index (χ1v) is 11.2. The summed E-state index contributed by atoms with van der Waals surface area (Å²) in [4.78, 5) is 13.2. The van der Waals surface area contributed by atoms with Crippen molar-refractivity contribution < 1.29 is 32.5 Å². The first-order valence-electron chi connectivity index (χ1n) is 11.2. The zero-order valence-electron chi connectivity index (χ0n) is 19.0. The van der Waals surface area contributed by atoms with E-state index in [2.05, 4.69) is 14.8 Å². The molecule has 2 heterocycles. The van der Waals surface area contributed by atoms with Crippen molar-refractivity contribution in [1.29, 1.82) is 0 Å². The van der Waals surface area contributed by atoms with Gasteiger partial charge in [-0.3, -0.25) is 4.79 Å². The third kappa shape index (κ3) is 3.50. The van der Waals surface area contributed by atoms with Crippen LogP contribution >= 0.6 is 0 Å². The van der Waals surface area contributed by atoms with Crippen molar-refractivity contribution >= 4 is 22.5 Å². The molecule has 5 rings (SSSR count). The highest BCUT2D eigenvalue weighted by Gasteiger charge is 2.53. The Kier molecular flexibility index (Phi) is 4.91. The van der Waals surface area contributed by atoms with Crippen molar-refractivity contribution in [1.82, 2.24) is 4.57 Å². The Hall–Kier alpha value is -3.20. The van der Waals surface area contributed by atoms with Gasteiger partial charge in [0.1, 0.15) is 5.82 Å². The Labute approximate surface area is 194 Å². The second-order valence-corrected chi connectivity index (χ2v) is 9.57. The van der Waals surface area contributed by atoms with E-state index in [1.165, 1.54) is 18.2 Å². The maximum atomic E-state index is 15.1. The van der Waals surface area contributed by atoms with Crippen LogP contribution in [-0.2, 0) is 22.2 Å². The predicted molar refractivity (Wildman–Crippen MR) is 120 cm³/mol. The van der Waals surface area contributed by atoms with Gasteiger partial charge in [0.05, 0.1) is 23.2 Å². The second-order valence-electron chi connectivity index (χ2n) is 9.57. The quantitative estimate of drug-likeness (QED) is 0.524. The fraction of sp³-hybridized carbons (Fsp3) is 0.400. The van der Waals surface area contributed by atoms with Gasteiger partial charge in [0.15, 0.2) is 11.5 Å². The molecule has 180 valence electrons. The number of aromatic nitrogens is 1.